The standard InChI is InChI=1S/C21H33N3O2.ClH/c1-20(2,3)13-23(6)18(25)15-8-7-9-16(12-15)19(26)24-11-10-17(22)21(4,5)14-24;/h7-9,12,17H,10-11,13-14,22H2,1-6H3;1H. The molecule has 0 spiro atoms. The van der Waals surface area contributed by atoms with Crippen LogP contribution in [0.4, 0.5) is 0 Å². The van der Waals surface area contributed by atoms with Crippen molar-refractivity contribution in [1.82, 2.24) is 9.80 Å². The van der Waals surface area contributed by atoms with E-state index in [1.807, 2.05) is 4.90 Å². The lowest BCUT2D eigenvalue weighted by atomic mass is 9.79. The Labute approximate surface area is 169 Å². The van der Waals surface area contributed by atoms with E-state index in [1.165, 1.54) is 0 Å². The largest absolute Gasteiger partial charge is 0.341 e. The first-order chi connectivity index (χ1) is 11.9. The fourth-order valence-electron chi connectivity index (χ4n) is 3.52. The van der Waals surface area contributed by atoms with Crippen LogP contribution < -0.4 is 5.73 Å². The summed E-state index contributed by atoms with van der Waals surface area (Å²) in [6, 6.07) is 7.15. The van der Waals surface area contributed by atoms with Crippen molar-refractivity contribution in [2.75, 3.05) is 26.7 Å². The smallest absolute Gasteiger partial charge is 0.253 e. The van der Waals surface area contributed by atoms with E-state index in [4.69, 9.17) is 5.73 Å². The average Bonchev–Trinajstić information content (AvgIpc) is 2.54. The van der Waals surface area contributed by atoms with Crippen LogP contribution in [0.1, 0.15) is 61.8 Å². The molecule has 1 atom stereocenters. The lowest BCUT2D eigenvalue weighted by Gasteiger charge is -2.42. The number of carbonyl (C=O) groups excluding carboxylic acids is 2. The van der Waals surface area contributed by atoms with E-state index in [-0.39, 0.29) is 41.1 Å². The van der Waals surface area contributed by atoms with Crippen LogP contribution in [0, 0.1) is 10.8 Å². The second-order valence-corrected chi connectivity index (χ2v) is 9.41. The summed E-state index contributed by atoms with van der Waals surface area (Å²) in [5, 5.41) is 0. The topological polar surface area (TPSA) is 66.6 Å². The number of piperidine rings is 1. The molecule has 1 aromatic carbocycles. The van der Waals surface area contributed by atoms with Crippen molar-refractivity contribution in [3.63, 3.8) is 0 Å². The second kappa shape index (κ2) is 8.61. The van der Waals surface area contributed by atoms with E-state index in [0.717, 1.165) is 6.42 Å². The van der Waals surface area contributed by atoms with Gasteiger partial charge in [0.15, 0.2) is 0 Å². The maximum Gasteiger partial charge on any atom is 0.253 e. The van der Waals surface area contributed by atoms with Crippen LogP contribution in [0.5, 0.6) is 0 Å². The average molecular weight is 396 g/mol. The van der Waals surface area contributed by atoms with Crippen LogP contribution in [0.3, 0.4) is 0 Å². The molecule has 1 saturated heterocycles. The minimum absolute atomic E-state index is 0. The van der Waals surface area contributed by atoms with Crippen molar-refractivity contribution >= 4 is 24.2 Å². The van der Waals surface area contributed by atoms with Gasteiger partial charge in [-0.1, -0.05) is 40.7 Å². The van der Waals surface area contributed by atoms with E-state index in [0.29, 0.717) is 30.8 Å². The zero-order valence-electron chi connectivity index (χ0n) is 17.4. The Balaban J connectivity index is 0.00000364. The van der Waals surface area contributed by atoms with Crippen LogP contribution in [0.25, 0.3) is 0 Å². The normalized spacial score (nSPS) is 19.2. The van der Waals surface area contributed by atoms with Crippen LogP contribution in [0.2, 0.25) is 0 Å². The van der Waals surface area contributed by atoms with Crippen molar-refractivity contribution in [3.8, 4) is 0 Å². The van der Waals surface area contributed by atoms with Gasteiger partial charge in [-0.05, 0) is 35.4 Å². The summed E-state index contributed by atoms with van der Waals surface area (Å²) in [6.07, 6.45) is 0.797. The van der Waals surface area contributed by atoms with Gasteiger partial charge in [-0.25, -0.2) is 0 Å². The Hall–Kier alpha value is -1.59. The maximum atomic E-state index is 12.9. The maximum absolute atomic E-state index is 12.9. The second-order valence-electron chi connectivity index (χ2n) is 9.41. The summed E-state index contributed by atoms with van der Waals surface area (Å²) in [7, 11) is 1.80. The number of likely N-dealkylation sites (tertiary alicyclic amines) is 1. The molecule has 0 radical (unpaired) electrons. The highest BCUT2D eigenvalue weighted by molar-refractivity contribution is 5.99. The van der Waals surface area contributed by atoms with Crippen molar-refractivity contribution in [1.29, 1.82) is 0 Å². The summed E-state index contributed by atoms with van der Waals surface area (Å²) in [4.78, 5) is 29.2. The monoisotopic (exact) mass is 395 g/mol. The first-order valence-corrected chi connectivity index (χ1v) is 9.31. The summed E-state index contributed by atoms with van der Waals surface area (Å²) < 4.78 is 0. The fraction of sp³-hybridized carbons (Fsp3) is 0.619. The lowest BCUT2D eigenvalue weighted by Crippen LogP contribution is -2.54. The molecule has 1 aromatic rings. The summed E-state index contributed by atoms with van der Waals surface area (Å²) >= 11 is 0. The summed E-state index contributed by atoms with van der Waals surface area (Å²) in [6.45, 7) is 12.4. The van der Waals surface area contributed by atoms with Gasteiger partial charge >= 0.3 is 0 Å². The zero-order valence-corrected chi connectivity index (χ0v) is 18.2. The first kappa shape index (κ1) is 23.4. The van der Waals surface area contributed by atoms with Crippen molar-refractivity contribution in [3.05, 3.63) is 35.4 Å². The number of amides is 2. The predicted molar refractivity (Wildman–Crippen MR) is 112 cm³/mol. The van der Waals surface area contributed by atoms with Crippen LogP contribution in [0.15, 0.2) is 24.3 Å². The molecule has 2 rings (SSSR count). The van der Waals surface area contributed by atoms with Gasteiger partial charge in [0.25, 0.3) is 11.8 Å². The molecule has 0 bridgehead atoms. The molecule has 0 aromatic heterocycles. The minimum Gasteiger partial charge on any atom is -0.341 e. The van der Waals surface area contributed by atoms with Crippen molar-refractivity contribution in [2.45, 2.75) is 47.1 Å². The SMILES string of the molecule is CN(CC(C)(C)C)C(=O)c1cccc(C(=O)N2CCC(N)C(C)(C)C2)c1.Cl. The van der Waals surface area contributed by atoms with Gasteiger partial charge < -0.3 is 15.5 Å². The number of halogens is 1. The van der Waals surface area contributed by atoms with Gasteiger partial charge in [-0.3, -0.25) is 9.59 Å². The molecular weight excluding hydrogens is 362 g/mol. The molecule has 152 valence electrons. The Morgan fingerprint density at radius 3 is 2.41 bits per heavy atom. The van der Waals surface area contributed by atoms with E-state index < -0.39 is 0 Å². The highest BCUT2D eigenvalue weighted by atomic mass is 35.5. The zero-order chi connectivity index (χ0) is 19.7. The molecular formula is C21H34ClN3O2. The summed E-state index contributed by atoms with van der Waals surface area (Å²) in [5.41, 5.74) is 7.21. The Morgan fingerprint density at radius 2 is 1.85 bits per heavy atom. The molecule has 1 unspecified atom stereocenters. The van der Waals surface area contributed by atoms with Gasteiger partial charge in [0, 0.05) is 43.9 Å². The number of hydrogen-bond acceptors (Lipinski definition) is 3. The fourth-order valence-corrected chi connectivity index (χ4v) is 3.52. The quantitative estimate of drug-likeness (QED) is 0.852. The van der Waals surface area contributed by atoms with E-state index >= 15 is 0 Å². The number of rotatable bonds is 3. The van der Waals surface area contributed by atoms with E-state index in [9.17, 15) is 9.59 Å². The van der Waals surface area contributed by atoms with Crippen LogP contribution in [-0.4, -0.2) is 54.3 Å². The third kappa shape index (κ3) is 5.94. The molecule has 2 amide bonds. The van der Waals surface area contributed by atoms with Crippen molar-refractivity contribution < 1.29 is 9.59 Å². The molecule has 1 aliphatic rings. The summed E-state index contributed by atoms with van der Waals surface area (Å²) in [5.74, 6) is -0.0892. The van der Waals surface area contributed by atoms with E-state index in [2.05, 4.69) is 34.6 Å². The Kier molecular flexibility index (Phi) is 7.48. The number of nitrogens with two attached hydrogens (primary N) is 1. The Bertz CT molecular complexity index is 682. The van der Waals surface area contributed by atoms with Crippen LogP contribution >= 0.6 is 12.4 Å². The molecule has 6 heteroatoms. The molecule has 1 heterocycles. The number of benzene rings is 1. The molecule has 27 heavy (non-hydrogen) atoms. The van der Waals surface area contributed by atoms with Gasteiger partial charge in [0.2, 0.25) is 0 Å². The van der Waals surface area contributed by atoms with Gasteiger partial charge in [-0.15, -0.1) is 12.4 Å². The third-order valence-corrected chi connectivity index (χ3v) is 5.01. The molecule has 0 saturated carbocycles. The highest BCUT2D eigenvalue weighted by Crippen LogP contribution is 2.28. The van der Waals surface area contributed by atoms with Crippen molar-refractivity contribution in [2.24, 2.45) is 16.6 Å². The molecule has 5 nitrogen and oxygen atoms in total. The van der Waals surface area contributed by atoms with Gasteiger partial charge in [-0.2, -0.15) is 0 Å². The molecule has 1 fully saturated rings. The van der Waals surface area contributed by atoms with Gasteiger partial charge in [0.1, 0.15) is 0 Å². The highest BCUT2D eigenvalue weighted by Gasteiger charge is 2.35. The van der Waals surface area contributed by atoms with Crippen LogP contribution in [-0.2, 0) is 0 Å². The minimum atomic E-state index is -0.103. The van der Waals surface area contributed by atoms with E-state index in [1.54, 1.807) is 36.2 Å². The predicted octanol–water partition coefficient (Wildman–Crippen LogP) is 3.43. The molecule has 2 N–H and O–H groups in total. The number of nitrogens with zero attached hydrogens (tertiary/aromatic N) is 2. The van der Waals surface area contributed by atoms with Gasteiger partial charge in [0.05, 0.1) is 0 Å². The number of hydrogen-bond donors (Lipinski definition) is 1. The molecule has 1 aliphatic heterocycles. The first-order valence-electron chi connectivity index (χ1n) is 9.31. The lowest BCUT2D eigenvalue weighted by molar-refractivity contribution is 0.0533. The molecule has 0 aliphatic carbocycles. The third-order valence-electron chi connectivity index (χ3n) is 5.01. The number of carbonyl (C=O) groups is 2. The Morgan fingerprint density at radius 1 is 1.26 bits per heavy atom.